The number of nitrogens with zero attached hydrogens (tertiary/aromatic N) is 1. The smallest absolute Gasteiger partial charge is 0.124 e. The summed E-state index contributed by atoms with van der Waals surface area (Å²) in [7, 11) is 0. The van der Waals surface area contributed by atoms with E-state index < -0.39 is 0 Å². The fourth-order valence-electron chi connectivity index (χ4n) is 2.07. The molecule has 0 amide bonds. The summed E-state index contributed by atoms with van der Waals surface area (Å²) in [5, 5.41) is 9.21. The van der Waals surface area contributed by atoms with Crippen LogP contribution in [0.4, 0.5) is 0 Å². The molecule has 0 aliphatic heterocycles. The van der Waals surface area contributed by atoms with Gasteiger partial charge in [0.1, 0.15) is 5.57 Å². The van der Waals surface area contributed by atoms with Crippen LogP contribution < -0.4 is 0 Å². The number of aryl methyl sites for hydroxylation is 1. The molecule has 1 aliphatic rings. The Morgan fingerprint density at radius 3 is 2.29 bits per heavy atom. The second-order valence-electron chi connectivity index (χ2n) is 5.81. The van der Waals surface area contributed by atoms with E-state index in [1.165, 1.54) is 5.56 Å². The van der Waals surface area contributed by atoms with E-state index in [4.69, 9.17) is 0 Å². The van der Waals surface area contributed by atoms with Crippen LogP contribution in [0.3, 0.4) is 0 Å². The largest absolute Gasteiger partial charge is 0.192 e. The van der Waals surface area contributed by atoms with Crippen molar-refractivity contribution in [3.63, 3.8) is 0 Å². The van der Waals surface area contributed by atoms with Crippen LogP contribution >= 0.6 is 0 Å². The summed E-state index contributed by atoms with van der Waals surface area (Å²) in [6.07, 6.45) is 12.5. The Labute approximate surface area is 147 Å². The fraction of sp³-hybridized carbons (Fsp3) is 0.217. The third kappa shape index (κ3) is 6.58. The molecule has 0 fully saturated rings. The SMILES string of the molecule is C=C(C)C(=C)[CH+]C.Cc1ccc(/C(C#N)=C/C2=CCCC=C2)cc1. The van der Waals surface area contributed by atoms with Crippen LogP contribution in [0, 0.1) is 24.7 Å². The van der Waals surface area contributed by atoms with Crippen LogP contribution in [0.15, 0.2) is 78.4 Å². The van der Waals surface area contributed by atoms with Crippen LogP contribution in [-0.4, -0.2) is 0 Å². The summed E-state index contributed by atoms with van der Waals surface area (Å²) in [6.45, 7) is 13.4. The summed E-state index contributed by atoms with van der Waals surface area (Å²) < 4.78 is 0. The van der Waals surface area contributed by atoms with Crippen molar-refractivity contribution in [1.29, 1.82) is 5.26 Å². The maximum absolute atomic E-state index is 9.21. The monoisotopic (exact) mass is 316 g/mol. The molecule has 0 spiro atoms. The van der Waals surface area contributed by atoms with Gasteiger partial charge in [0.15, 0.2) is 0 Å². The number of hydrogen-bond acceptors (Lipinski definition) is 1. The average Bonchev–Trinajstić information content (AvgIpc) is 2.61. The van der Waals surface area contributed by atoms with Gasteiger partial charge in [-0.1, -0.05) is 48.1 Å². The molecule has 0 saturated carbocycles. The Hall–Kier alpha value is -2.72. The fourth-order valence-corrected chi connectivity index (χ4v) is 2.07. The van der Waals surface area contributed by atoms with E-state index in [-0.39, 0.29) is 0 Å². The zero-order chi connectivity index (χ0) is 17.9. The zero-order valence-corrected chi connectivity index (χ0v) is 15.0. The van der Waals surface area contributed by atoms with Gasteiger partial charge >= 0.3 is 0 Å². The van der Waals surface area contributed by atoms with Gasteiger partial charge in [-0.2, -0.15) is 5.26 Å². The molecule has 0 heterocycles. The van der Waals surface area contributed by atoms with Gasteiger partial charge in [0.2, 0.25) is 0 Å². The molecular formula is C23H26N+. The highest BCUT2D eigenvalue weighted by Gasteiger charge is 2.02. The van der Waals surface area contributed by atoms with Crippen molar-refractivity contribution in [2.24, 2.45) is 0 Å². The summed E-state index contributed by atoms with van der Waals surface area (Å²) in [5.74, 6) is 0. The van der Waals surface area contributed by atoms with Gasteiger partial charge in [0.05, 0.1) is 11.6 Å². The Morgan fingerprint density at radius 1 is 1.21 bits per heavy atom. The highest BCUT2D eigenvalue weighted by molar-refractivity contribution is 5.79. The van der Waals surface area contributed by atoms with Crippen molar-refractivity contribution in [3.05, 3.63) is 96.0 Å². The summed E-state index contributed by atoms with van der Waals surface area (Å²) >= 11 is 0. The van der Waals surface area contributed by atoms with Crippen molar-refractivity contribution in [2.45, 2.75) is 33.6 Å². The quantitative estimate of drug-likeness (QED) is 0.352. The van der Waals surface area contributed by atoms with E-state index >= 15 is 0 Å². The first-order valence-electron chi connectivity index (χ1n) is 8.17. The van der Waals surface area contributed by atoms with Gasteiger partial charge in [-0.05, 0) is 43.6 Å². The molecule has 1 aromatic rings. The molecule has 0 radical (unpaired) electrons. The highest BCUT2D eigenvalue weighted by atomic mass is 14.2. The second kappa shape index (κ2) is 10.1. The van der Waals surface area contributed by atoms with Gasteiger partial charge in [0.25, 0.3) is 0 Å². The highest BCUT2D eigenvalue weighted by Crippen LogP contribution is 2.19. The lowest BCUT2D eigenvalue weighted by Crippen LogP contribution is -1.86. The lowest BCUT2D eigenvalue weighted by molar-refractivity contribution is 1.03. The topological polar surface area (TPSA) is 23.8 Å². The van der Waals surface area contributed by atoms with Crippen molar-refractivity contribution >= 4 is 5.57 Å². The summed E-state index contributed by atoms with van der Waals surface area (Å²) in [5.41, 5.74) is 6.12. The molecule has 1 nitrogen and oxygen atoms in total. The Balaban J connectivity index is 0.000000351. The Morgan fingerprint density at radius 2 is 1.88 bits per heavy atom. The lowest BCUT2D eigenvalue weighted by atomic mass is 10.00. The first-order valence-corrected chi connectivity index (χ1v) is 8.17. The van der Waals surface area contributed by atoms with E-state index in [2.05, 4.69) is 37.5 Å². The second-order valence-corrected chi connectivity index (χ2v) is 5.81. The maximum Gasteiger partial charge on any atom is 0.124 e. The predicted octanol–water partition coefficient (Wildman–Crippen LogP) is 6.52. The van der Waals surface area contributed by atoms with Crippen LogP contribution in [-0.2, 0) is 0 Å². The number of rotatable bonds is 4. The summed E-state index contributed by atoms with van der Waals surface area (Å²) in [6, 6.07) is 10.3. The summed E-state index contributed by atoms with van der Waals surface area (Å²) in [4.78, 5) is 0. The minimum absolute atomic E-state index is 0.725. The molecular weight excluding hydrogens is 290 g/mol. The van der Waals surface area contributed by atoms with E-state index in [1.807, 2.05) is 57.5 Å². The standard InChI is InChI=1S/C16H15N.C7H11/c1-13-7-9-15(10-8-13)16(12-17)11-14-5-3-2-4-6-14;1-5-7(4)6(2)3/h3,5-11H,2,4H2,1H3;5H,2,4H2,1,3H3/q;+1/b16-11+;. The molecule has 0 saturated heterocycles. The van der Waals surface area contributed by atoms with Gasteiger partial charge in [-0.25, -0.2) is 0 Å². The van der Waals surface area contributed by atoms with Crippen LogP contribution in [0.5, 0.6) is 0 Å². The first kappa shape index (κ1) is 19.3. The molecule has 0 atom stereocenters. The molecule has 0 N–H and O–H groups in total. The molecule has 0 bridgehead atoms. The minimum atomic E-state index is 0.725. The van der Waals surface area contributed by atoms with Crippen LogP contribution in [0.1, 0.15) is 37.8 Å². The number of benzene rings is 1. The lowest BCUT2D eigenvalue weighted by Gasteiger charge is -2.04. The molecule has 122 valence electrons. The van der Waals surface area contributed by atoms with E-state index in [0.29, 0.717) is 0 Å². The third-order valence-electron chi connectivity index (χ3n) is 3.71. The van der Waals surface area contributed by atoms with Crippen molar-refractivity contribution < 1.29 is 0 Å². The van der Waals surface area contributed by atoms with Crippen molar-refractivity contribution in [3.8, 4) is 6.07 Å². The molecule has 2 rings (SSSR count). The predicted molar refractivity (Wildman–Crippen MR) is 105 cm³/mol. The van der Waals surface area contributed by atoms with Gasteiger partial charge in [0, 0.05) is 32.4 Å². The Kier molecular flexibility index (Phi) is 8.16. The molecule has 1 aromatic carbocycles. The molecule has 24 heavy (non-hydrogen) atoms. The van der Waals surface area contributed by atoms with Crippen LogP contribution in [0.25, 0.3) is 5.57 Å². The number of allylic oxidation sites excluding steroid dienone is 8. The maximum atomic E-state index is 9.21. The van der Waals surface area contributed by atoms with E-state index in [0.717, 1.165) is 40.7 Å². The van der Waals surface area contributed by atoms with E-state index in [9.17, 15) is 5.26 Å². The Bertz CT molecular complexity index is 703. The normalized spacial score (nSPS) is 13.1. The van der Waals surface area contributed by atoms with Gasteiger partial charge in [-0.15, -0.1) is 0 Å². The third-order valence-corrected chi connectivity index (χ3v) is 3.71. The van der Waals surface area contributed by atoms with Crippen molar-refractivity contribution in [1.82, 2.24) is 0 Å². The zero-order valence-electron chi connectivity index (χ0n) is 15.0. The van der Waals surface area contributed by atoms with Gasteiger partial charge in [-0.3, -0.25) is 0 Å². The molecule has 1 heteroatoms. The molecule has 0 aromatic heterocycles. The van der Waals surface area contributed by atoms with Crippen LogP contribution in [0.2, 0.25) is 0 Å². The molecule has 0 unspecified atom stereocenters. The average molecular weight is 316 g/mol. The van der Waals surface area contributed by atoms with Gasteiger partial charge < -0.3 is 0 Å². The van der Waals surface area contributed by atoms with Crippen molar-refractivity contribution in [2.75, 3.05) is 0 Å². The number of nitriles is 1. The molecule has 1 aliphatic carbocycles. The minimum Gasteiger partial charge on any atom is -0.192 e. The van der Waals surface area contributed by atoms with E-state index in [1.54, 1.807) is 0 Å². The number of hydrogen-bond donors (Lipinski definition) is 0. The first-order chi connectivity index (χ1) is 11.5.